The Labute approximate surface area is 99.7 Å². The number of nitrogens with zero attached hydrogens (tertiary/aromatic N) is 2. The summed E-state index contributed by atoms with van der Waals surface area (Å²) in [5.74, 6) is 0.459. The van der Waals surface area contributed by atoms with Crippen LogP contribution in [-0.2, 0) is 6.54 Å². The Bertz CT molecular complexity index is 526. The minimum atomic E-state index is -0.256. The topological polar surface area (TPSA) is 37.8 Å². The van der Waals surface area contributed by atoms with E-state index >= 15 is 0 Å². The highest BCUT2D eigenvalue weighted by molar-refractivity contribution is 5.59. The fraction of sp³-hybridized carbons (Fsp3) is 0.231. The molecule has 1 N–H and O–H groups in total. The molecule has 0 aliphatic heterocycles. The van der Waals surface area contributed by atoms with Crippen LogP contribution >= 0.6 is 0 Å². The fourth-order valence-electron chi connectivity index (χ4n) is 1.66. The number of halogens is 1. The van der Waals surface area contributed by atoms with Gasteiger partial charge in [0.1, 0.15) is 11.6 Å². The van der Waals surface area contributed by atoms with Crippen molar-refractivity contribution < 1.29 is 4.39 Å². The number of rotatable bonds is 3. The van der Waals surface area contributed by atoms with Crippen molar-refractivity contribution in [3.8, 4) is 11.3 Å². The SMILES string of the molecule is CNCc1nc(C)cc(-c2cccc(F)c2)n1. The summed E-state index contributed by atoms with van der Waals surface area (Å²) in [6, 6.07) is 8.28. The highest BCUT2D eigenvalue weighted by Crippen LogP contribution is 2.18. The van der Waals surface area contributed by atoms with Crippen LogP contribution in [0.1, 0.15) is 11.5 Å². The summed E-state index contributed by atoms with van der Waals surface area (Å²) in [6.07, 6.45) is 0. The van der Waals surface area contributed by atoms with Crippen molar-refractivity contribution in [1.82, 2.24) is 15.3 Å². The van der Waals surface area contributed by atoms with Crippen molar-refractivity contribution in [2.45, 2.75) is 13.5 Å². The van der Waals surface area contributed by atoms with E-state index < -0.39 is 0 Å². The van der Waals surface area contributed by atoms with Crippen LogP contribution < -0.4 is 5.32 Å². The summed E-state index contributed by atoms with van der Waals surface area (Å²) in [4.78, 5) is 8.70. The summed E-state index contributed by atoms with van der Waals surface area (Å²) in [5, 5.41) is 3.00. The molecule has 0 saturated carbocycles. The van der Waals surface area contributed by atoms with Crippen LogP contribution in [0.2, 0.25) is 0 Å². The van der Waals surface area contributed by atoms with Gasteiger partial charge in [-0.2, -0.15) is 0 Å². The van der Waals surface area contributed by atoms with Crippen LogP contribution in [0.4, 0.5) is 4.39 Å². The molecule has 0 aliphatic carbocycles. The Hall–Kier alpha value is -1.81. The average molecular weight is 231 g/mol. The second-order valence-corrected chi connectivity index (χ2v) is 3.85. The predicted molar refractivity (Wildman–Crippen MR) is 64.9 cm³/mol. The van der Waals surface area contributed by atoms with E-state index in [4.69, 9.17) is 0 Å². The fourth-order valence-corrected chi connectivity index (χ4v) is 1.66. The maximum atomic E-state index is 13.1. The molecule has 0 amide bonds. The maximum absolute atomic E-state index is 13.1. The molecule has 0 fully saturated rings. The Morgan fingerprint density at radius 2 is 2.06 bits per heavy atom. The Morgan fingerprint density at radius 3 is 2.76 bits per heavy atom. The zero-order chi connectivity index (χ0) is 12.3. The molecule has 2 aromatic rings. The molecule has 2 rings (SSSR count). The number of aromatic nitrogens is 2. The van der Waals surface area contributed by atoms with Crippen molar-refractivity contribution in [2.24, 2.45) is 0 Å². The van der Waals surface area contributed by atoms with Crippen LogP contribution in [0, 0.1) is 12.7 Å². The summed E-state index contributed by atoms with van der Waals surface area (Å²) in [7, 11) is 1.84. The van der Waals surface area contributed by atoms with Gasteiger partial charge in [-0.25, -0.2) is 14.4 Å². The highest BCUT2D eigenvalue weighted by Gasteiger charge is 2.04. The van der Waals surface area contributed by atoms with Crippen molar-refractivity contribution in [2.75, 3.05) is 7.05 Å². The maximum Gasteiger partial charge on any atom is 0.143 e. The first-order chi connectivity index (χ1) is 8.19. The van der Waals surface area contributed by atoms with E-state index in [0.717, 1.165) is 17.0 Å². The number of nitrogens with one attached hydrogen (secondary N) is 1. The van der Waals surface area contributed by atoms with Gasteiger partial charge in [-0.05, 0) is 32.2 Å². The largest absolute Gasteiger partial charge is 0.313 e. The summed E-state index contributed by atoms with van der Waals surface area (Å²) in [6.45, 7) is 2.51. The lowest BCUT2D eigenvalue weighted by atomic mass is 10.1. The third kappa shape index (κ3) is 2.85. The lowest BCUT2D eigenvalue weighted by molar-refractivity contribution is 0.628. The Kier molecular flexibility index (Phi) is 3.44. The van der Waals surface area contributed by atoms with E-state index in [1.165, 1.54) is 12.1 Å². The second-order valence-electron chi connectivity index (χ2n) is 3.85. The molecule has 0 saturated heterocycles. The first-order valence-corrected chi connectivity index (χ1v) is 5.44. The molecule has 0 atom stereocenters. The zero-order valence-electron chi connectivity index (χ0n) is 9.87. The molecule has 1 aromatic heterocycles. The van der Waals surface area contributed by atoms with Gasteiger partial charge in [-0.3, -0.25) is 0 Å². The second kappa shape index (κ2) is 5.01. The molecular weight excluding hydrogens is 217 g/mol. The summed E-state index contributed by atoms with van der Waals surface area (Å²) in [5.41, 5.74) is 2.40. The molecule has 0 spiro atoms. The van der Waals surface area contributed by atoms with Crippen molar-refractivity contribution >= 4 is 0 Å². The molecule has 3 nitrogen and oxygen atoms in total. The summed E-state index contributed by atoms with van der Waals surface area (Å²) < 4.78 is 13.1. The van der Waals surface area contributed by atoms with E-state index in [9.17, 15) is 4.39 Å². The van der Waals surface area contributed by atoms with Crippen LogP contribution in [0.15, 0.2) is 30.3 Å². The quantitative estimate of drug-likeness (QED) is 0.880. The number of aryl methyl sites for hydroxylation is 1. The van der Waals surface area contributed by atoms with Crippen LogP contribution in [0.25, 0.3) is 11.3 Å². The van der Waals surface area contributed by atoms with Gasteiger partial charge in [0, 0.05) is 11.3 Å². The third-order valence-electron chi connectivity index (χ3n) is 2.36. The van der Waals surface area contributed by atoms with Gasteiger partial charge in [-0.1, -0.05) is 12.1 Å². The van der Waals surface area contributed by atoms with Crippen molar-refractivity contribution in [1.29, 1.82) is 0 Å². The van der Waals surface area contributed by atoms with E-state index in [0.29, 0.717) is 12.4 Å². The number of hydrogen-bond acceptors (Lipinski definition) is 3. The Morgan fingerprint density at radius 1 is 1.24 bits per heavy atom. The van der Waals surface area contributed by atoms with Crippen LogP contribution in [0.3, 0.4) is 0 Å². The van der Waals surface area contributed by atoms with Gasteiger partial charge >= 0.3 is 0 Å². The molecule has 1 heterocycles. The van der Waals surface area contributed by atoms with Gasteiger partial charge in [0.05, 0.1) is 12.2 Å². The standard InChI is InChI=1S/C13H14FN3/c1-9-6-12(17-13(16-9)8-15-2)10-4-3-5-11(14)7-10/h3-7,15H,8H2,1-2H3. The third-order valence-corrected chi connectivity index (χ3v) is 2.36. The molecule has 88 valence electrons. The zero-order valence-corrected chi connectivity index (χ0v) is 9.87. The van der Waals surface area contributed by atoms with Crippen molar-refractivity contribution in [3.63, 3.8) is 0 Å². The molecule has 0 radical (unpaired) electrons. The number of benzene rings is 1. The van der Waals surface area contributed by atoms with E-state index in [-0.39, 0.29) is 5.82 Å². The van der Waals surface area contributed by atoms with Gasteiger partial charge in [0.25, 0.3) is 0 Å². The normalized spacial score (nSPS) is 10.5. The number of hydrogen-bond donors (Lipinski definition) is 1. The van der Waals surface area contributed by atoms with Crippen LogP contribution in [-0.4, -0.2) is 17.0 Å². The molecule has 0 aliphatic rings. The lowest BCUT2D eigenvalue weighted by Crippen LogP contribution is -2.10. The highest BCUT2D eigenvalue weighted by atomic mass is 19.1. The first kappa shape index (κ1) is 11.7. The minimum absolute atomic E-state index is 0.256. The van der Waals surface area contributed by atoms with Gasteiger partial charge in [-0.15, -0.1) is 0 Å². The molecule has 17 heavy (non-hydrogen) atoms. The molecule has 1 aromatic carbocycles. The van der Waals surface area contributed by atoms with E-state index in [2.05, 4.69) is 15.3 Å². The molecule has 0 bridgehead atoms. The smallest absolute Gasteiger partial charge is 0.143 e. The average Bonchev–Trinajstić information content (AvgIpc) is 2.28. The molecular formula is C13H14FN3. The predicted octanol–water partition coefficient (Wildman–Crippen LogP) is 2.31. The minimum Gasteiger partial charge on any atom is -0.313 e. The van der Waals surface area contributed by atoms with Gasteiger partial charge in [0.15, 0.2) is 0 Å². The first-order valence-electron chi connectivity index (χ1n) is 5.44. The molecule has 4 heteroatoms. The summed E-state index contributed by atoms with van der Waals surface area (Å²) >= 11 is 0. The lowest BCUT2D eigenvalue weighted by Gasteiger charge is -2.06. The Balaban J connectivity index is 2.44. The van der Waals surface area contributed by atoms with Gasteiger partial charge in [0.2, 0.25) is 0 Å². The van der Waals surface area contributed by atoms with Crippen LogP contribution in [0.5, 0.6) is 0 Å². The monoisotopic (exact) mass is 231 g/mol. The van der Waals surface area contributed by atoms with E-state index in [1.807, 2.05) is 26.1 Å². The molecule has 0 unspecified atom stereocenters. The van der Waals surface area contributed by atoms with Crippen molar-refractivity contribution in [3.05, 3.63) is 47.7 Å². The van der Waals surface area contributed by atoms with E-state index in [1.54, 1.807) is 6.07 Å². The van der Waals surface area contributed by atoms with Gasteiger partial charge < -0.3 is 5.32 Å².